The number of fused-ring (bicyclic) bond motifs is 2. The van der Waals surface area contributed by atoms with E-state index in [1.54, 1.807) is 0 Å². The highest BCUT2D eigenvalue weighted by Gasteiger charge is 2.42. The van der Waals surface area contributed by atoms with Gasteiger partial charge in [0.25, 0.3) is 0 Å². The van der Waals surface area contributed by atoms with Crippen LogP contribution in [0.2, 0.25) is 0 Å². The van der Waals surface area contributed by atoms with Crippen LogP contribution in [0.25, 0.3) is 0 Å². The summed E-state index contributed by atoms with van der Waals surface area (Å²) in [5, 5.41) is 15.5. The quantitative estimate of drug-likeness (QED) is 0.644. The Labute approximate surface area is 96.8 Å². The van der Waals surface area contributed by atoms with Gasteiger partial charge in [-0.3, -0.25) is 4.79 Å². The third-order valence-corrected chi connectivity index (χ3v) is 3.81. The maximum absolute atomic E-state index is 12.0. The van der Waals surface area contributed by atoms with Crippen LogP contribution in [-0.4, -0.2) is 36.2 Å². The fraction of sp³-hybridized carbons (Fsp3) is 0.917. The van der Waals surface area contributed by atoms with Gasteiger partial charge in [-0.05, 0) is 19.3 Å². The van der Waals surface area contributed by atoms with Crippen LogP contribution in [-0.2, 0) is 4.79 Å². The first-order valence-electron chi connectivity index (χ1n) is 6.16. The number of nitrogens with one attached hydrogen (secondary N) is 2. The first kappa shape index (κ1) is 11.9. The molecule has 92 valence electrons. The molecule has 3 N–H and O–H groups in total. The summed E-state index contributed by atoms with van der Waals surface area (Å²) < 4.78 is 0. The molecular weight excluding hydrogens is 204 g/mol. The van der Waals surface area contributed by atoms with Gasteiger partial charge in [-0.15, -0.1) is 0 Å². The summed E-state index contributed by atoms with van der Waals surface area (Å²) in [4.78, 5) is 12.0. The van der Waals surface area contributed by atoms with Crippen LogP contribution in [0.15, 0.2) is 0 Å². The number of aliphatic hydroxyl groups is 1. The van der Waals surface area contributed by atoms with Gasteiger partial charge >= 0.3 is 0 Å². The lowest BCUT2D eigenvalue weighted by molar-refractivity contribution is -0.126. The number of amides is 1. The molecule has 3 atom stereocenters. The molecule has 16 heavy (non-hydrogen) atoms. The van der Waals surface area contributed by atoms with E-state index in [2.05, 4.69) is 10.6 Å². The fourth-order valence-electron chi connectivity index (χ4n) is 2.63. The lowest BCUT2D eigenvalue weighted by Gasteiger charge is -2.25. The van der Waals surface area contributed by atoms with Crippen molar-refractivity contribution in [3.05, 3.63) is 0 Å². The number of aliphatic hydroxyl groups excluding tert-OH is 1. The molecule has 0 aromatic carbocycles. The van der Waals surface area contributed by atoms with Crippen LogP contribution in [0.3, 0.4) is 0 Å². The van der Waals surface area contributed by atoms with Crippen LogP contribution in [0.5, 0.6) is 0 Å². The molecule has 0 aromatic heterocycles. The van der Waals surface area contributed by atoms with Crippen molar-refractivity contribution >= 4 is 5.91 Å². The number of rotatable bonds is 4. The van der Waals surface area contributed by atoms with Crippen molar-refractivity contribution in [1.29, 1.82) is 0 Å². The molecule has 1 amide bonds. The predicted octanol–water partition coefficient (Wildman–Crippen LogP) is 0.262. The highest BCUT2D eigenvalue weighted by Crippen LogP contribution is 2.33. The average Bonchev–Trinajstić information content (AvgIpc) is 2.87. The summed E-state index contributed by atoms with van der Waals surface area (Å²) >= 11 is 0. The highest BCUT2D eigenvalue weighted by atomic mass is 16.3. The van der Waals surface area contributed by atoms with Gasteiger partial charge in [0, 0.05) is 30.7 Å². The Bertz CT molecular complexity index is 278. The Hall–Kier alpha value is -0.610. The molecule has 0 saturated carbocycles. The first-order chi connectivity index (χ1) is 7.52. The van der Waals surface area contributed by atoms with E-state index in [0.29, 0.717) is 18.6 Å². The number of carbonyl (C=O) groups excluding carboxylic acids is 1. The Morgan fingerprint density at radius 3 is 2.75 bits per heavy atom. The van der Waals surface area contributed by atoms with Crippen LogP contribution in [0.4, 0.5) is 0 Å². The molecular formula is C12H22N2O2. The minimum absolute atomic E-state index is 0.0995. The molecule has 2 saturated heterocycles. The van der Waals surface area contributed by atoms with E-state index in [0.717, 1.165) is 12.8 Å². The van der Waals surface area contributed by atoms with Crippen molar-refractivity contribution < 1.29 is 9.90 Å². The summed E-state index contributed by atoms with van der Waals surface area (Å²) in [5.74, 6) is 0.300. The van der Waals surface area contributed by atoms with Crippen molar-refractivity contribution in [2.75, 3.05) is 13.2 Å². The predicted molar refractivity (Wildman–Crippen MR) is 61.9 cm³/mol. The molecule has 4 nitrogen and oxygen atoms in total. The molecule has 2 aliphatic rings. The fourth-order valence-corrected chi connectivity index (χ4v) is 2.63. The van der Waals surface area contributed by atoms with E-state index in [1.807, 2.05) is 13.8 Å². The van der Waals surface area contributed by atoms with Crippen molar-refractivity contribution in [2.24, 2.45) is 11.3 Å². The van der Waals surface area contributed by atoms with E-state index in [-0.39, 0.29) is 23.8 Å². The monoisotopic (exact) mass is 226 g/mol. The van der Waals surface area contributed by atoms with Crippen molar-refractivity contribution in [3.63, 3.8) is 0 Å². The lowest BCUT2D eigenvalue weighted by Crippen LogP contribution is -2.42. The Morgan fingerprint density at radius 1 is 1.50 bits per heavy atom. The van der Waals surface area contributed by atoms with E-state index in [1.165, 1.54) is 6.42 Å². The summed E-state index contributed by atoms with van der Waals surface area (Å²) in [7, 11) is 0. The Balaban J connectivity index is 1.81. The largest absolute Gasteiger partial charge is 0.396 e. The topological polar surface area (TPSA) is 61.4 Å². The summed E-state index contributed by atoms with van der Waals surface area (Å²) in [5.41, 5.74) is -0.222. The van der Waals surface area contributed by atoms with Crippen LogP contribution in [0, 0.1) is 11.3 Å². The third-order valence-electron chi connectivity index (χ3n) is 3.81. The highest BCUT2D eigenvalue weighted by molar-refractivity contribution is 5.80. The molecule has 4 heteroatoms. The van der Waals surface area contributed by atoms with E-state index < -0.39 is 0 Å². The van der Waals surface area contributed by atoms with Crippen LogP contribution >= 0.6 is 0 Å². The van der Waals surface area contributed by atoms with Crippen molar-refractivity contribution in [2.45, 2.75) is 45.2 Å². The summed E-state index contributed by atoms with van der Waals surface area (Å²) in [6.45, 7) is 4.55. The molecule has 2 heterocycles. The van der Waals surface area contributed by atoms with Gasteiger partial charge in [-0.2, -0.15) is 0 Å². The van der Waals surface area contributed by atoms with Gasteiger partial charge in [0.15, 0.2) is 0 Å². The molecule has 2 rings (SSSR count). The molecule has 0 radical (unpaired) electrons. The summed E-state index contributed by atoms with van der Waals surface area (Å²) in [6.07, 6.45) is 3.33. The Kier molecular flexibility index (Phi) is 3.22. The second kappa shape index (κ2) is 4.34. The van der Waals surface area contributed by atoms with Gasteiger partial charge in [-0.1, -0.05) is 13.8 Å². The smallest absolute Gasteiger partial charge is 0.224 e. The van der Waals surface area contributed by atoms with Crippen LogP contribution < -0.4 is 10.6 Å². The van der Waals surface area contributed by atoms with Crippen molar-refractivity contribution in [1.82, 2.24) is 10.6 Å². The molecule has 2 fully saturated rings. The zero-order valence-corrected chi connectivity index (χ0v) is 10.1. The molecule has 0 aliphatic carbocycles. The number of hydrogen-bond acceptors (Lipinski definition) is 3. The summed E-state index contributed by atoms with van der Waals surface area (Å²) in [6, 6.07) is 0.953. The lowest BCUT2D eigenvalue weighted by atomic mass is 9.88. The van der Waals surface area contributed by atoms with Gasteiger partial charge in [0.1, 0.15) is 0 Å². The van der Waals surface area contributed by atoms with E-state index in [9.17, 15) is 4.79 Å². The van der Waals surface area contributed by atoms with E-state index in [4.69, 9.17) is 5.11 Å². The van der Waals surface area contributed by atoms with E-state index >= 15 is 0 Å². The van der Waals surface area contributed by atoms with Gasteiger partial charge < -0.3 is 15.7 Å². The normalized spacial score (nSPS) is 33.1. The molecule has 0 spiro atoms. The zero-order valence-electron chi connectivity index (χ0n) is 10.1. The molecule has 0 aromatic rings. The average molecular weight is 226 g/mol. The maximum Gasteiger partial charge on any atom is 0.224 e. The Morgan fingerprint density at radius 2 is 2.25 bits per heavy atom. The molecule has 2 bridgehead atoms. The second-order valence-electron chi connectivity index (χ2n) is 5.93. The zero-order chi connectivity index (χ0) is 11.8. The molecule has 2 aliphatic heterocycles. The second-order valence-corrected chi connectivity index (χ2v) is 5.93. The standard InChI is InChI=1S/C12H22N2O2/c1-12(2,7-15)6-13-11(16)9-5-8-3-4-10(9)14-8/h8-10,14-15H,3-7H2,1-2H3,(H,13,16). The van der Waals surface area contributed by atoms with Crippen LogP contribution in [0.1, 0.15) is 33.1 Å². The number of hydrogen-bond donors (Lipinski definition) is 3. The van der Waals surface area contributed by atoms with Gasteiger partial charge in [-0.25, -0.2) is 0 Å². The minimum Gasteiger partial charge on any atom is -0.396 e. The maximum atomic E-state index is 12.0. The SMILES string of the molecule is CC(C)(CO)CNC(=O)C1CC2CCC1N2. The van der Waals surface area contributed by atoms with Crippen molar-refractivity contribution in [3.8, 4) is 0 Å². The van der Waals surface area contributed by atoms with Gasteiger partial charge in [0.2, 0.25) is 5.91 Å². The minimum atomic E-state index is -0.222. The number of carbonyl (C=O) groups is 1. The first-order valence-corrected chi connectivity index (χ1v) is 6.16. The third kappa shape index (κ3) is 2.38. The van der Waals surface area contributed by atoms with Gasteiger partial charge in [0.05, 0.1) is 5.92 Å². The molecule has 3 unspecified atom stereocenters.